The summed E-state index contributed by atoms with van der Waals surface area (Å²) in [5.41, 5.74) is 4.34. The lowest BCUT2D eigenvalue weighted by Gasteiger charge is -2.17. The van der Waals surface area contributed by atoms with Crippen LogP contribution in [0.5, 0.6) is 0 Å². The molecule has 0 radical (unpaired) electrons. The Balaban J connectivity index is 2.36. The van der Waals surface area contributed by atoms with E-state index in [2.05, 4.69) is 63.5 Å². The van der Waals surface area contributed by atoms with Gasteiger partial charge in [-0.05, 0) is 55.1 Å². The maximum Gasteiger partial charge on any atom is 0.0668 e. The SMILES string of the molecule is CCc1ccc(C(NC)c2ccc(CC)c(CC)c2)s1. The zero-order chi connectivity index (χ0) is 14.5. The molecule has 0 saturated carbocycles. The highest BCUT2D eigenvalue weighted by Crippen LogP contribution is 2.30. The Bertz CT molecular complexity index is 556. The van der Waals surface area contributed by atoms with E-state index in [4.69, 9.17) is 0 Å². The van der Waals surface area contributed by atoms with Gasteiger partial charge in [-0.3, -0.25) is 0 Å². The first kappa shape index (κ1) is 15.3. The fourth-order valence-electron chi connectivity index (χ4n) is 2.71. The van der Waals surface area contributed by atoms with Crippen molar-refractivity contribution in [2.75, 3.05) is 7.05 Å². The lowest BCUT2D eigenvalue weighted by atomic mass is 9.96. The van der Waals surface area contributed by atoms with Crippen LogP contribution >= 0.6 is 11.3 Å². The van der Waals surface area contributed by atoms with Crippen LogP contribution in [0.25, 0.3) is 0 Å². The molecule has 2 aromatic rings. The van der Waals surface area contributed by atoms with Crippen LogP contribution in [0, 0.1) is 0 Å². The van der Waals surface area contributed by atoms with Crippen molar-refractivity contribution in [3.63, 3.8) is 0 Å². The molecule has 0 amide bonds. The van der Waals surface area contributed by atoms with Gasteiger partial charge in [0.1, 0.15) is 0 Å². The molecule has 1 unspecified atom stereocenters. The number of rotatable bonds is 6. The Hall–Kier alpha value is -1.12. The Morgan fingerprint density at radius 1 is 0.950 bits per heavy atom. The van der Waals surface area contributed by atoms with Crippen LogP contribution < -0.4 is 5.32 Å². The minimum Gasteiger partial charge on any atom is -0.309 e. The van der Waals surface area contributed by atoms with Gasteiger partial charge in [0, 0.05) is 9.75 Å². The van der Waals surface area contributed by atoms with Crippen LogP contribution in [-0.2, 0) is 19.3 Å². The molecule has 1 heterocycles. The quantitative estimate of drug-likeness (QED) is 0.809. The summed E-state index contributed by atoms with van der Waals surface area (Å²) in [6.07, 6.45) is 3.35. The van der Waals surface area contributed by atoms with Gasteiger partial charge < -0.3 is 5.32 Å². The van der Waals surface area contributed by atoms with Gasteiger partial charge in [0.05, 0.1) is 6.04 Å². The molecule has 0 fully saturated rings. The van der Waals surface area contributed by atoms with Crippen LogP contribution in [0.1, 0.15) is 53.3 Å². The van der Waals surface area contributed by atoms with E-state index in [1.165, 1.54) is 26.4 Å². The maximum atomic E-state index is 3.47. The highest BCUT2D eigenvalue weighted by Gasteiger charge is 2.15. The summed E-state index contributed by atoms with van der Waals surface area (Å²) in [5.74, 6) is 0. The molecule has 1 N–H and O–H groups in total. The van der Waals surface area contributed by atoms with E-state index >= 15 is 0 Å². The topological polar surface area (TPSA) is 12.0 Å². The van der Waals surface area contributed by atoms with Crippen molar-refractivity contribution in [3.05, 3.63) is 56.8 Å². The van der Waals surface area contributed by atoms with Gasteiger partial charge in [-0.1, -0.05) is 39.0 Å². The molecular weight excluding hydrogens is 262 g/mol. The third kappa shape index (κ3) is 3.13. The van der Waals surface area contributed by atoms with E-state index in [0.29, 0.717) is 6.04 Å². The molecule has 1 nitrogen and oxygen atoms in total. The van der Waals surface area contributed by atoms with E-state index < -0.39 is 0 Å². The first-order valence-corrected chi connectivity index (χ1v) is 8.42. The summed E-state index contributed by atoms with van der Waals surface area (Å²) in [6.45, 7) is 6.69. The van der Waals surface area contributed by atoms with E-state index in [0.717, 1.165) is 19.3 Å². The zero-order valence-corrected chi connectivity index (χ0v) is 13.8. The van der Waals surface area contributed by atoms with E-state index in [1.54, 1.807) is 0 Å². The predicted octanol–water partition coefficient (Wildman–Crippen LogP) is 4.74. The number of nitrogens with one attached hydrogen (secondary N) is 1. The molecule has 0 aliphatic heterocycles. The van der Waals surface area contributed by atoms with Crippen LogP contribution in [0.2, 0.25) is 0 Å². The lowest BCUT2D eigenvalue weighted by molar-refractivity contribution is 0.702. The Morgan fingerprint density at radius 3 is 2.25 bits per heavy atom. The van der Waals surface area contributed by atoms with Gasteiger partial charge in [0.2, 0.25) is 0 Å². The Labute approximate surface area is 127 Å². The van der Waals surface area contributed by atoms with E-state index in [-0.39, 0.29) is 0 Å². The number of thiophene rings is 1. The normalized spacial score (nSPS) is 12.6. The highest BCUT2D eigenvalue weighted by atomic mass is 32.1. The predicted molar refractivity (Wildman–Crippen MR) is 89.8 cm³/mol. The minimum absolute atomic E-state index is 0.316. The molecule has 0 aliphatic rings. The van der Waals surface area contributed by atoms with Gasteiger partial charge in [0.25, 0.3) is 0 Å². The molecule has 2 rings (SSSR count). The molecular formula is C18H25NS. The number of benzene rings is 1. The monoisotopic (exact) mass is 287 g/mol. The van der Waals surface area contributed by atoms with Gasteiger partial charge in [-0.15, -0.1) is 11.3 Å². The zero-order valence-electron chi connectivity index (χ0n) is 13.0. The molecule has 20 heavy (non-hydrogen) atoms. The van der Waals surface area contributed by atoms with E-state index in [1.807, 2.05) is 11.3 Å². The van der Waals surface area contributed by atoms with Gasteiger partial charge >= 0.3 is 0 Å². The smallest absolute Gasteiger partial charge is 0.0668 e. The summed E-state index contributed by atoms with van der Waals surface area (Å²) < 4.78 is 0. The second-order valence-electron chi connectivity index (χ2n) is 5.11. The molecule has 0 spiro atoms. The summed E-state index contributed by atoms with van der Waals surface area (Å²) in [5, 5.41) is 3.47. The van der Waals surface area contributed by atoms with Crippen LogP contribution in [0.15, 0.2) is 30.3 Å². The Morgan fingerprint density at radius 2 is 1.70 bits per heavy atom. The van der Waals surface area contributed by atoms with E-state index in [9.17, 15) is 0 Å². The molecule has 2 heteroatoms. The maximum absolute atomic E-state index is 3.47. The average molecular weight is 287 g/mol. The van der Waals surface area contributed by atoms with Crippen molar-refractivity contribution in [2.45, 2.75) is 46.1 Å². The average Bonchev–Trinajstić information content (AvgIpc) is 2.96. The molecule has 0 aliphatic carbocycles. The van der Waals surface area contributed by atoms with Crippen molar-refractivity contribution in [1.29, 1.82) is 0 Å². The standard InChI is InChI=1S/C18H25NS/c1-5-13-8-9-15(12-14(13)6-2)18(19-4)17-11-10-16(7-3)20-17/h8-12,18-19H,5-7H2,1-4H3. The summed E-state index contributed by atoms with van der Waals surface area (Å²) in [7, 11) is 2.05. The van der Waals surface area contributed by atoms with Crippen LogP contribution in [0.3, 0.4) is 0 Å². The van der Waals surface area contributed by atoms with Gasteiger partial charge in [-0.25, -0.2) is 0 Å². The second kappa shape index (κ2) is 7.05. The summed E-state index contributed by atoms with van der Waals surface area (Å²) in [4.78, 5) is 2.87. The van der Waals surface area contributed by atoms with Gasteiger partial charge in [-0.2, -0.15) is 0 Å². The second-order valence-corrected chi connectivity index (χ2v) is 6.31. The third-order valence-corrected chi connectivity index (χ3v) is 5.22. The van der Waals surface area contributed by atoms with Gasteiger partial charge in [0.15, 0.2) is 0 Å². The van der Waals surface area contributed by atoms with Crippen molar-refractivity contribution in [3.8, 4) is 0 Å². The summed E-state index contributed by atoms with van der Waals surface area (Å²) in [6, 6.07) is 11.8. The molecule has 1 aromatic heterocycles. The van der Waals surface area contributed by atoms with Crippen molar-refractivity contribution in [2.24, 2.45) is 0 Å². The molecule has 0 saturated heterocycles. The molecule has 0 bridgehead atoms. The molecule has 1 atom stereocenters. The number of aryl methyl sites for hydroxylation is 3. The van der Waals surface area contributed by atoms with Crippen LogP contribution in [-0.4, -0.2) is 7.05 Å². The number of hydrogen-bond acceptors (Lipinski definition) is 2. The first-order chi connectivity index (χ1) is 9.73. The third-order valence-electron chi connectivity index (χ3n) is 3.93. The summed E-state index contributed by atoms with van der Waals surface area (Å²) >= 11 is 1.92. The lowest BCUT2D eigenvalue weighted by Crippen LogP contribution is -2.16. The minimum atomic E-state index is 0.316. The van der Waals surface area contributed by atoms with Crippen LogP contribution in [0.4, 0.5) is 0 Å². The fraction of sp³-hybridized carbons (Fsp3) is 0.444. The molecule has 108 valence electrons. The largest absolute Gasteiger partial charge is 0.309 e. The number of hydrogen-bond donors (Lipinski definition) is 1. The van der Waals surface area contributed by atoms with Crippen molar-refractivity contribution in [1.82, 2.24) is 5.32 Å². The first-order valence-electron chi connectivity index (χ1n) is 7.60. The molecule has 1 aromatic carbocycles. The fourth-order valence-corrected chi connectivity index (χ4v) is 3.80. The van der Waals surface area contributed by atoms with Crippen molar-refractivity contribution < 1.29 is 0 Å². The highest BCUT2D eigenvalue weighted by molar-refractivity contribution is 7.12. The van der Waals surface area contributed by atoms with Crippen molar-refractivity contribution >= 4 is 11.3 Å². The Kier molecular flexibility index (Phi) is 5.38.